The number of piperidine rings is 1. The van der Waals surface area contributed by atoms with Gasteiger partial charge in [-0.15, -0.1) is 0 Å². The second-order valence-corrected chi connectivity index (χ2v) is 7.12. The first-order valence-electron chi connectivity index (χ1n) is 7.87. The molecule has 21 heavy (non-hydrogen) atoms. The highest BCUT2D eigenvalue weighted by atomic mass is 32.2. The number of hydrogen-bond donors (Lipinski definition) is 2. The minimum atomic E-state index is 0.0585. The first kappa shape index (κ1) is 15.0. The molecule has 3 rings (SSSR count). The van der Waals surface area contributed by atoms with Crippen molar-refractivity contribution in [3.05, 3.63) is 0 Å². The molecule has 118 valence electrons. The molecule has 1 atom stereocenters. The predicted octanol–water partition coefficient (Wildman–Crippen LogP) is 0.0977. The van der Waals surface area contributed by atoms with Crippen molar-refractivity contribution in [2.24, 2.45) is 0 Å². The fourth-order valence-electron chi connectivity index (χ4n) is 3.35. The Hall–Kier alpha value is -0.950. The van der Waals surface area contributed by atoms with Gasteiger partial charge in [0.1, 0.15) is 0 Å². The average molecular weight is 312 g/mol. The van der Waals surface area contributed by atoms with Crippen molar-refractivity contribution in [2.75, 3.05) is 44.2 Å². The summed E-state index contributed by atoms with van der Waals surface area (Å²) in [6.45, 7) is 4.14. The van der Waals surface area contributed by atoms with Gasteiger partial charge in [-0.3, -0.25) is 4.79 Å². The Bertz CT molecular complexity index is 392. The van der Waals surface area contributed by atoms with Gasteiger partial charge >= 0.3 is 6.03 Å². The van der Waals surface area contributed by atoms with Crippen LogP contribution in [-0.2, 0) is 4.79 Å². The van der Waals surface area contributed by atoms with Crippen LogP contribution in [0, 0.1) is 0 Å². The summed E-state index contributed by atoms with van der Waals surface area (Å²) in [4.78, 5) is 27.9. The largest absolute Gasteiger partial charge is 0.342 e. The second kappa shape index (κ2) is 6.87. The maximum atomic E-state index is 12.3. The molecular formula is C14H24N4O2S. The van der Waals surface area contributed by atoms with Crippen LogP contribution in [0.5, 0.6) is 0 Å². The van der Waals surface area contributed by atoms with Gasteiger partial charge in [-0.05, 0) is 12.8 Å². The summed E-state index contributed by atoms with van der Waals surface area (Å²) < 4.78 is 0. The highest BCUT2D eigenvalue weighted by Crippen LogP contribution is 2.20. The molecule has 3 amide bonds. The number of carbonyl (C=O) groups excluding carboxylic acids is 2. The number of likely N-dealkylation sites (tertiary alicyclic amines) is 1. The van der Waals surface area contributed by atoms with E-state index in [9.17, 15) is 9.59 Å². The van der Waals surface area contributed by atoms with E-state index in [-0.39, 0.29) is 11.9 Å². The molecule has 3 aliphatic heterocycles. The summed E-state index contributed by atoms with van der Waals surface area (Å²) in [6.07, 6.45) is 2.43. The third-order valence-corrected chi connectivity index (χ3v) is 5.70. The van der Waals surface area contributed by atoms with Gasteiger partial charge in [0, 0.05) is 62.7 Å². The maximum absolute atomic E-state index is 12.3. The molecular weight excluding hydrogens is 288 g/mol. The predicted molar refractivity (Wildman–Crippen MR) is 83.4 cm³/mol. The number of nitrogens with one attached hydrogen (secondary N) is 2. The van der Waals surface area contributed by atoms with Crippen LogP contribution in [0.3, 0.4) is 0 Å². The molecule has 0 aromatic rings. The fourth-order valence-corrected chi connectivity index (χ4v) is 4.30. The van der Waals surface area contributed by atoms with Crippen LogP contribution in [0.15, 0.2) is 0 Å². The molecule has 0 aliphatic carbocycles. The first-order valence-corrected chi connectivity index (χ1v) is 9.03. The van der Waals surface area contributed by atoms with Crippen LogP contribution in [0.2, 0.25) is 0 Å². The van der Waals surface area contributed by atoms with E-state index in [1.807, 2.05) is 21.6 Å². The highest BCUT2D eigenvalue weighted by molar-refractivity contribution is 7.99. The zero-order valence-electron chi connectivity index (χ0n) is 12.3. The van der Waals surface area contributed by atoms with E-state index in [2.05, 4.69) is 10.6 Å². The first-order chi connectivity index (χ1) is 10.2. The lowest BCUT2D eigenvalue weighted by Crippen LogP contribution is -2.49. The van der Waals surface area contributed by atoms with Crippen molar-refractivity contribution in [1.82, 2.24) is 20.4 Å². The lowest BCUT2D eigenvalue weighted by atomic mass is 10.0. The summed E-state index contributed by atoms with van der Waals surface area (Å²) in [7, 11) is 0. The number of amides is 3. The van der Waals surface area contributed by atoms with Gasteiger partial charge in [0.2, 0.25) is 5.91 Å². The Morgan fingerprint density at radius 2 is 2.05 bits per heavy atom. The smallest absolute Gasteiger partial charge is 0.317 e. The van der Waals surface area contributed by atoms with Crippen molar-refractivity contribution in [1.29, 1.82) is 0 Å². The van der Waals surface area contributed by atoms with Crippen LogP contribution >= 0.6 is 11.8 Å². The molecule has 3 heterocycles. The molecule has 0 aromatic heterocycles. The summed E-state index contributed by atoms with van der Waals surface area (Å²) in [6, 6.07) is 0.696. The Balaban J connectivity index is 1.44. The van der Waals surface area contributed by atoms with Gasteiger partial charge in [-0.25, -0.2) is 4.79 Å². The molecule has 7 heteroatoms. The number of rotatable bonds is 3. The lowest BCUT2D eigenvalue weighted by Gasteiger charge is -2.37. The molecule has 3 aliphatic rings. The number of nitrogens with zero attached hydrogens (tertiary/aromatic N) is 2. The van der Waals surface area contributed by atoms with Gasteiger partial charge < -0.3 is 20.4 Å². The van der Waals surface area contributed by atoms with E-state index >= 15 is 0 Å². The Kier molecular flexibility index (Phi) is 4.90. The van der Waals surface area contributed by atoms with Crippen molar-refractivity contribution in [3.8, 4) is 0 Å². The second-order valence-electron chi connectivity index (χ2n) is 5.97. The monoisotopic (exact) mass is 312 g/mol. The standard InChI is InChI=1S/C14H24N4O2S/c19-13(9-11-10-21-8-4-15-11)17-5-1-12(2-6-17)18-7-3-16-14(18)20/h11-12,15H,1-10H2,(H,16,20). The number of urea groups is 1. The van der Waals surface area contributed by atoms with E-state index in [0.717, 1.165) is 57.1 Å². The molecule has 3 fully saturated rings. The van der Waals surface area contributed by atoms with Crippen LogP contribution in [-0.4, -0.2) is 78.1 Å². The van der Waals surface area contributed by atoms with Crippen LogP contribution in [0.1, 0.15) is 19.3 Å². The van der Waals surface area contributed by atoms with Gasteiger partial charge in [0.25, 0.3) is 0 Å². The molecule has 0 radical (unpaired) electrons. The third-order valence-electron chi connectivity index (χ3n) is 4.57. The van der Waals surface area contributed by atoms with E-state index in [0.29, 0.717) is 18.5 Å². The molecule has 0 saturated carbocycles. The molecule has 1 unspecified atom stereocenters. The van der Waals surface area contributed by atoms with Gasteiger partial charge in [0.15, 0.2) is 0 Å². The Morgan fingerprint density at radius 1 is 1.24 bits per heavy atom. The Morgan fingerprint density at radius 3 is 2.67 bits per heavy atom. The van der Waals surface area contributed by atoms with Gasteiger partial charge in [-0.1, -0.05) is 0 Å². The van der Waals surface area contributed by atoms with Crippen LogP contribution < -0.4 is 10.6 Å². The Labute approximate surface area is 130 Å². The number of hydrogen-bond acceptors (Lipinski definition) is 4. The summed E-state index contributed by atoms with van der Waals surface area (Å²) in [5.41, 5.74) is 0. The van der Waals surface area contributed by atoms with Crippen molar-refractivity contribution >= 4 is 23.7 Å². The minimum Gasteiger partial charge on any atom is -0.342 e. The number of carbonyl (C=O) groups is 2. The summed E-state index contributed by atoms with van der Waals surface area (Å²) in [5.74, 6) is 2.45. The zero-order chi connectivity index (χ0) is 14.7. The molecule has 0 aromatic carbocycles. The quantitative estimate of drug-likeness (QED) is 0.776. The van der Waals surface area contributed by atoms with Crippen molar-refractivity contribution in [3.63, 3.8) is 0 Å². The van der Waals surface area contributed by atoms with Crippen LogP contribution in [0.25, 0.3) is 0 Å². The molecule has 0 bridgehead atoms. The van der Waals surface area contributed by atoms with Crippen molar-refractivity contribution < 1.29 is 9.59 Å². The maximum Gasteiger partial charge on any atom is 0.317 e. The van der Waals surface area contributed by atoms with Crippen molar-refractivity contribution in [2.45, 2.75) is 31.3 Å². The highest BCUT2D eigenvalue weighted by Gasteiger charge is 2.32. The van der Waals surface area contributed by atoms with E-state index in [4.69, 9.17) is 0 Å². The SMILES string of the molecule is O=C(CC1CSCCN1)N1CCC(N2CCNC2=O)CC1. The molecule has 0 spiro atoms. The topological polar surface area (TPSA) is 64.7 Å². The zero-order valence-corrected chi connectivity index (χ0v) is 13.2. The fraction of sp³-hybridized carbons (Fsp3) is 0.857. The summed E-state index contributed by atoms with van der Waals surface area (Å²) >= 11 is 1.92. The van der Waals surface area contributed by atoms with E-state index in [1.54, 1.807) is 0 Å². The summed E-state index contributed by atoms with van der Waals surface area (Å²) in [5, 5.41) is 6.27. The lowest BCUT2D eigenvalue weighted by molar-refractivity contribution is -0.133. The average Bonchev–Trinajstić information content (AvgIpc) is 2.94. The minimum absolute atomic E-state index is 0.0585. The van der Waals surface area contributed by atoms with E-state index in [1.165, 1.54) is 0 Å². The van der Waals surface area contributed by atoms with Gasteiger partial charge in [-0.2, -0.15) is 11.8 Å². The molecule has 2 N–H and O–H groups in total. The molecule has 6 nitrogen and oxygen atoms in total. The normalized spacial score (nSPS) is 27.8. The van der Waals surface area contributed by atoms with Gasteiger partial charge in [0.05, 0.1) is 0 Å². The number of thioether (sulfide) groups is 1. The van der Waals surface area contributed by atoms with Crippen LogP contribution in [0.4, 0.5) is 4.79 Å². The molecule has 3 saturated heterocycles. The third kappa shape index (κ3) is 3.63. The van der Waals surface area contributed by atoms with E-state index < -0.39 is 0 Å².